The van der Waals surface area contributed by atoms with E-state index in [0.717, 1.165) is 17.0 Å². The molecule has 0 radical (unpaired) electrons. The molecule has 0 spiro atoms. The third-order valence-electron chi connectivity index (χ3n) is 4.28. The third kappa shape index (κ3) is 2.49. The van der Waals surface area contributed by atoms with Gasteiger partial charge in [-0.05, 0) is 46.8 Å². The van der Waals surface area contributed by atoms with Crippen molar-refractivity contribution < 1.29 is 9.31 Å². The summed E-state index contributed by atoms with van der Waals surface area (Å²) < 4.78 is 13.9. The molecule has 1 fully saturated rings. The van der Waals surface area contributed by atoms with Gasteiger partial charge in [0.15, 0.2) is 0 Å². The highest BCUT2D eigenvalue weighted by atomic mass is 16.7. The van der Waals surface area contributed by atoms with Crippen LogP contribution in [0.3, 0.4) is 0 Å². The van der Waals surface area contributed by atoms with Crippen molar-refractivity contribution in [3.8, 4) is 5.69 Å². The Morgan fingerprint density at radius 3 is 2.19 bits per heavy atom. The molecule has 0 unspecified atom stereocenters. The van der Waals surface area contributed by atoms with Gasteiger partial charge in [-0.25, -0.2) is 4.98 Å². The largest absolute Gasteiger partial charge is 0.514 e. The Labute approximate surface area is 125 Å². The van der Waals surface area contributed by atoms with Crippen LogP contribution in [0, 0.1) is 6.92 Å². The Balaban J connectivity index is 1.83. The van der Waals surface area contributed by atoms with Crippen molar-refractivity contribution in [1.82, 2.24) is 14.5 Å². The summed E-state index contributed by atoms with van der Waals surface area (Å²) >= 11 is 0. The van der Waals surface area contributed by atoms with Crippen molar-refractivity contribution in [2.75, 3.05) is 0 Å². The van der Waals surface area contributed by atoms with E-state index in [9.17, 15) is 0 Å². The van der Waals surface area contributed by atoms with Gasteiger partial charge in [-0.2, -0.15) is 0 Å². The van der Waals surface area contributed by atoms with E-state index in [1.807, 2.05) is 63.7 Å². The molecule has 6 heteroatoms. The second kappa shape index (κ2) is 4.68. The van der Waals surface area contributed by atoms with Gasteiger partial charge >= 0.3 is 7.12 Å². The molecule has 1 aliphatic heterocycles. The van der Waals surface area contributed by atoms with E-state index in [0.29, 0.717) is 0 Å². The number of nitrogens with zero attached hydrogens (tertiary/aromatic N) is 3. The summed E-state index contributed by atoms with van der Waals surface area (Å²) in [5.74, 6) is 0. The van der Waals surface area contributed by atoms with Gasteiger partial charge in [0.1, 0.15) is 0 Å². The summed E-state index contributed by atoms with van der Waals surface area (Å²) in [6.07, 6.45) is 5.55. The molecule has 1 saturated heterocycles. The van der Waals surface area contributed by atoms with Crippen LogP contribution < -0.4 is 5.59 Å². The van der Waals surface area contributed by atoms with Crippen LogP contribution in [0.5, 0.6) is 0 Å². The van der Waals surface area contributed by atoms with Crippen molar-refractivity contribution in [1.29, 1.82) is 0 Å². The smallest absolute Gasteiger partial charge is 0.398 e. The van der Waals surface area contributed by atoms with Crippen LogP contribution in [0.4, 0.5) is 0 Å². The van der Waals surface area contributed by atoms with Crippen molar-refractivity contribution in [3.05, 3.63) is 36.5 Å². The topological polar surface area (TPSA) is 49.2 Å². The third-order valence-corrected chi connectivity index (χ3v) is 4.28. The normalized spacial score (nSPS) is 20.0. The van der Waals surface area contributed by atoms with E-state index < -0.39 is 7.12 Å². The molecule has 110 valence electrons. The molecule has 0 bridgehead atoms. The Bertz CT molecular complexity index is 633. The number of rotatable bonds is 2. The summed E-state index contributed by atoms with van der Waals surface area (Å²) in [5, 5.41) is 0. The van der Waals surface area contributed by atoms with Gasteiger partial charge in [0.2, 0.25) is 0 Å². The summed E-state index contributed by atoms with van der Waals surface area (Å²) in [5.41, 5.74) is 2.04. The lowest BCUT2D eigenvalue weighted by Crippen LogP contribution is -2.41. The van der Waals surface area contributed by atoms with Gasteiger partial charge in [-0.1, -0.05) is 0 Å². The minimum absolute atomic E-state index is 0.348. The summed E-state index contributed by atoms with van der Waals surface area (Å²) in [7, 11) is -0.423. The first-order valence-electron chi connectivity index (χ1n) is 7.11. The number of pyridine rings is 1. The van der Waals surface area contributed by atoms with Gasteiger partial charge < -0.3 is 13.9 Å². The minimum Gasteiger partial charge on any atom is -0.398 e. The van der Waals surface area contributed by atoms with Crippen molar-refractivity contribution >= 4 is 12.7 Å². The Hall–Kier alpha value is -1.66. The Kier molecular flexibility index (Phi) is 3.18. The zero-order chi connectivity index (χ0) is 15.3. The molecule has 5 nitrogen and oxygen atoms in total. The van der Waals surface area contributed by atoms with Crippen LogP contribution in [-0.2, 0) is 9.31 Å². The molecule has 0 aliphatic carbocycles. The van der Waals surface area contributed by atoms with Gasteiger partial charge in [-0.3, -0.25) is 4.98 Å². The first kappa shape index (κ1) is 14.3. The van der Waals surface area contributed by atoms with Crippen LogP contribution in [0.2, 0.25) is 0 Å². The zero-order valence-electron chi connectivity index (χ0n) is 13.1. The number of aromatic nitrogens is 3. The average molecular weight is 285 g/mol. The molecule has 2 aromatic heterocycles. The number of hydrogen-bond acceptors (Lipinski definition) is 4. The second-order valence-corrected chi connectivity index (χ2v) is 6.45. The van der Waals surface area contributed by atoms with Crippen LogP contribution >= 0.6 is 0 Å². The standard InChI is InChI=1S/C15H20BN3O2/c1-11-9-19(10-18-11)12-6-7-13(17-8-12)16-20-14(2,3)15(4,5)21-16/h6-10H,1-5H3. The lowest BCUT2D eigenvalue weighted by Gasteiger charge is -2.32. The number of aryl methyl sites for hydroxylation is 1. The SMILES string of the molecule is Cc1cn(-c2ccc(B3OC(C)(C)C(C)(C)O3)nc2)cn1. The minimum atomic E-state index is -0.423. The Morgan fingerprint density at radius 1 is 1.05 bits per heavy atom. The monoisotopic (exact) mass is 285 g/mol. The molecule has 0 atom stereocenters. The van der Waals surface area contributed by atoms with Gasteiger partial charge in [0.05, 0.1) is 40.7 Å². The highest BCUT2D eigenvalue weighted by molar-refractivity contribution is 6.61. The molecular formula is C15H20BN3O2. The maximum atomic E-state index is 6.00. The molecule has 0 amide bonds. The number of hydrogen-bond donors (Lipinski definition) is 0. The predicted molar refractivity (Wildman–Crippen MR) is 81.8 cm³/mol. The van der Waals surface area contributed by atoms with Crippen LogP contribution in [0.1, 0.15) is 33.4 Å². The highest BCUT2D eigenvalue weighted by Gasteiger charge is 2.52. The summed E-state index contributed by atoms with van der Waals surface area (Å²) in [6, 6.07) is 3.93. The molecule has 1 aliphatic rings. The average Bonchev–Trinajstić information content (AvgIpc) is 2.92. The quantitative estimate of drug-likeness (QED) is 0.790. The van der Waals surface area contributed by atoms with E-state index in [4.69, 9.17) is 9.31 Å². The van der Waals surface area contributed by atoms with E-state index in [1.165, 1.54) is 0 Å². The van der Waals surface area contributed by atoms with Crippen LogP contribution in [-0.4, -0.2) is 32.9 Å². The molecule has 0 N–H and O–H groups in total. The van der Waals surface area contributed by atoms with Crippen molar-refractivity contribution in [2.24, 2.45) is 0 Å². The molecule has 0 saturated carbocycles. The molecule has 21 heavy (non-hydrogen) atoms. The molecule has 2 aromatic rings. The van der Waals surface area contributed by atoms with Crippen molar-refractivity contribution in [3.63, 3.8) is 0 Å². The fraction of sp³-hybridized carbons (Fsp3) is 0.467. The fourth-order valence-corrected chi connectivity index (χ4v) is 2.22. The first-order chi connectivity index (χ1) is 9.78. The molecular weight excluding hydrogens is 265 g/mol. The van der Waals surface area contributed by atoms with E-state index in [-0.39, 0.29) is 11.2 Å². The van der Waals surface area contributed by atoms with E-state index in [2.05, 4.69) is 9.97 Å². The fourth-order valence-electron chi connectivity index (χ4n) is 2.22. The molecule has 3 heterocycles. The van der Waals surface area contributed by atoms with Gasteiger partial charge in [-0.15, -0.1) is 0 Å². The first-order valence-corrected chi connectivity index (χ1v) is 7.11. The zero-order valence-corrected chi connectivity index (χ0v) is 13.1. The lowest BCUT2D eigenvalue weighted by molar-refractivity contribution is 0.00578. The van der Waals surface area contributed by atoms with Gasteiger partial charge in [0, 0.05) is 6.20 Å². The lowest BCUT2D eigenvalue weighted by atomic mass is 9.84. The van der Waals surface area contributed by atoms with Gasteiger partial charge in [0.25, 0.3) is 0 Å². The summed E-state index contributed by atoms with van der Waals surface area (Å²) in [6.45, 7) is 10.1. The van der Waals surface area contributed by atoms with Crippen LogP contribution in [0.25, 0.3) is 5.69 Å². The van der Waals surface area contributed by atoms with Crippen molar-refractivity contribution in [2.45, 2.75) is 45.8 Å². The molecule has 3 rings (SSSR count). The van der Waals surface area contributed by atoms with E-state index >= 15 is 0 Å². The highest BCUT2D eigenvalue weighted by Crippen LogP contribution is 2.36. The number of imidazole rings is 1. The predicted octanol–water partition coefficient (Wildman–Crippen LogP) is 1.87. The maximum absolute atomic E-state index is 6.00. The van der Waals surface area contributed by atoms with E-state index in [1.54, 1.807) is 6.33 Å². The summed E-state index contributed by atoms with van der Waals surface area (Å²) in [4.78, 5) is 8.70. The Morgan fingerprint density at radius 2 is 1.71 bits per heavy atom. The maximum Gasteiger partial charge on any atom is 0.514 e. The van der Waals surface area contributed by atoms with Crippen LogP contribution in [0.15, 0.2) is 30.9 Å². The second-order valence-electron chi connectivity index (χ2n) is 6.45. The molecule has 0 aromatic carbocycles.